The topological polar surface area (TPSA) is 52.7 Å². The van der Waals surface area contributed by atoms with Gasteiger partial charge in [0.2, 0.25) is 0 Å². The van der Waals surface area contributed by atoms with Crippen molar-refractivity contribution in [3.63, 3.8) is 0 Å². The van der Waals surface area contributed by atoms with Crippen molar-refractivity contribution in [3.05, 3.63) is 35.1 Å². The molecule has 110 valence electrons. The molecule has 0 saturated carbocycles. The number of halogens is 1. The van der Waals surface area contributed by atoms with E-state index in [1.54, 1.807) is 6.07 Å². The number of aliphatic hydroxyl groups is 1. The Morgan fingerprint density at radius 1 is 1.25 bits per heavy atom. The van der Waals surface area contributed by atoms with Crippen LogP contribution in [0.3, 0.4) is 0 Å². The highest BCUT2D eigenvalue weighted by molar-refractivity contribution is 7.80. The Kier molecular flexibility index (Phi) is 5.42. The van der Waals surface area contributed by atoms with Gasteiger partial charge in [-0.15, -0.1) is 0 Å². The van der Waals surface area contributed by atoms with E-state index in [-0.39, 0.29) is 12.4 Å². The molecule has 1 aromatic rings. The molecule has 1 fully saturated rings. The number of hydrogen-bond acceptors (Lipinski definition) is 4. The second-order valence-corrected chi connectivity index (χ2v) is 5.45. The van der Waals surface area contributed by atoms with Crippen LogP contribution in [0.25, 0.3) is 0 Å². The maximum absolute atomic E-state index is 13.4. The minimum Gasteiger partial charge on any atom is -0.395 e. The summed E-state index contributed by atoms with van der Waals surface area (Å²) in [5.74, 6) is -0.265. The molecular weight excluding hydrogens is 277 g/mol. The monoisotopic (exact) mass is 297 g/mol. The van der Waals surface area contributed by atoms with Gasteiger partial charge in [0, 0.05) is 44.8 Å². The SMILES string of the molecule is NC(=S)c1ccc(F)cc1CN1CCN(CCO)CC1. The highest BCUT2D eigenvalue weighted by Gasteiger charge is 2.18. The molecule has 6 heteroatoms. The van der Waals surface area contributed by atoms with Gasteiger partial charge in [-0.25, -0.2) is 4.39 Å². The van der Waals surface area contributed by atoms with Crippen LogP contribution in [0.1, 0.15) is 11.1 Å². The number of thiocarbonyl (C=S) groups is 1. The molecule has 0 amide bonds. The fourth-order valence-electron chi connectivity index (χ4n) is 2.49. The molecule has 1 heterocycles. The molecule has 0 unspecified atom stereocenters. The quantitative estimate of drug-likeness (QED) is 0.778. The van der Waals surface area contributed by atoms with Crippen molar-refractivity contribution < 1.29 is 9.50 Å². The van der Waals surface area contributed by atoms with Crippen LogP contribution in [0.15, 0.2) is 18.2 Å². The molecule has 1 aliphatic heterocycles. The third kappa shape index (κ3) is 3.96. The lowest BCUT2D eigenvalue weighted by Gasteiger charge is -2.34. The minimum atomic E-state index is -0.265. The zero-order valence-corrected chi connectivity index (χ0v) is 12.2. The predicted molar refractivity (Wildman–Crippen MR) is 81.1 cm³/mol. The summed E-state index contributed by atoms with van der Waals surface area (Å²) in [5, 5.41) is 8.92. The van der Waals surface area contributed by atoms with Crippen LogP contribution in [0.4, 0.5) is 4.39 Å². The van der Waals surface area contributed by atoms with Crippen LogP contribution in [0, 0.1) is 5.82 Å². The Morgan fingerprint density at radius 2 is 1.90 bits per heavy atom. The largest absolute Gasteiger partial charge is 0.395 e. The molecule has 0 radical (unpaired) electrons. The summed E-state index contributed by atoms with van der Waals surface area (Å²) in [5.41, 5.74) is 7.28. The molecular formula is C14H20FN3OS. The van der Waals surface area contributed by atoms with Gasteiger partial charge in [0.15, 0.2) is 0 Å². The average Bonchev–Trinajstić information content (AvgIpc) is 2.41. The second-order valence-electron chi connectivity index (χ2n) is 5.01. The standard InChI is InChI=1S/C14H20FN3OS/c15-12-1-2-13(14(16)20)11(9-12)10-18-5-3-17(4-6-18)7-8-19/h1-2,9,19H,3-8,10H2,(H2,16,20). The van der Waals surface area contributed by atoms with Crippen LogP contribution >= 0.6 is 12.2 Å². The first-order valence-electron chi connectivity index (χ1n) is 6.74. The molecule has 0 aromatic heterocycles. The van der Waals surface area contributed by atoms with Gasteiger partial charge in [0.05, 0.1) is 6.61 Å². The van der Waals surface area contributed by atoms with Crippen LogP contribution in [-0.4, -0.2) is 59.2 Å². The summed E-state index contributed by atoms with van der Waals surface area (Å²) in [4.78, 5) is 4.78. The Labute approximate surface area is 124 Å². The van der Waals surface area contributed by atoms with Crippen molar-refractivity contribution in [2.24, 2.45) is 5.73 Å². The summed E-state index contributed by atoms with van der Waals surface area (Å²) in [7, 11) is 0. The Balaban J connectivity index is 2.00. The molecule has 1 saturated heterocycles. The van der Waals surface area contributed by atoms with E-state index in [9.17, 15) is 4.39 Å². The molecule has 4 nitrogen and oxygen atoms in total. The number of piperazine rings is 1. The lowest BCUT2D eigenvalue weighted by molar-refractivity contribution is 0.108. The van der Waals surface area contributed by atoms with Gasteiger partial charge in [-0.05, 0) is 23.8 Å². The number of hydrogen-bond donors (Lipinski definition) is 2. The van der Waals surface area contributed by atoms with Gasteiger partial charge in [0.1, 0.15) is 10.8 Å². The van der Waals surface area contributed by atoms with E-state index in [2.05, 4.69) is 9.80 Å². The van der Waals surface area contributed by atoms with Gasteiger partial charge >= 0.3 is 0 Å². The number of nitrogens with zero attached hydrogens (tertiary/aromatic N) is 2. The van der Waals surface area contributed by atoms with Gasteiger partial charge in [-0.3, -0.25) is 9.80 Å². The van der Waals surface area contributed by atoms with Crippen molar-refractivity contribution in [1.82, 2.24) is 9.80 Å². The van der Waals surface area contributed by atoms with Gasteiger partial charge in [0.25, 0.3) is 0 Å². The van der Waals surface area contributed by atoms with Gasteiger partial charge < -0.3 is 10.8 Å². The molecule has 0 bridgehead atoms. The first-order valence-corrected chi connectivity index (χ1v) is 7.15. The molecule has 3 N–H and O–H groups in total. The fourth-order valence-corrected chi connectivity index (χ4v) is 2.69. The fraction of sp³-hybridized carbons (Fsp3) is 0.500. The Hall–Kier alpha value is -1.08. The van der Waals surface area contributed by atoms with E-state index in [0.29, 0.717) is 18.1 Å². The third-order valence-electron chi connectivity index (χ3n) is 3.61. The van der Waals surface area contributed by atoms with Crippen LogP contribution in [0.2, 0.25) is 0 Å². The van der Waals surface area contributed by atoms with E-state index in [4.69, 9.17) is 23.1 Å². The normalized spacial score (nSPS) is 17.3. The van der Waals surface area contributed by atoms with Crippen molar-refractivity contribution in [3.8, 4) is 0 Å². The number of rotatable bonds is 5. The van der Waals surface area contributed by atoms with Gasteiger partial charge in [-0.2, -0.15) is 0 Å². The summed E-state index contributed by atoms with van der Waals surface area (Å²) >= 11 is 5.01. The summed E-state index contributed by atoms with van der Waals surface area (Å²) in [6.45, 7) is 5.18. The highest BCUT2D eigenvalue weighted by atomic mass is 32.1. The lowest BCUT2D eigenvalue weighted by Crippen LogP contribution is -2.46. The summed E-state index contributed by atoms with van der Waals surface area (Å²) in [6.07, 6.45) is 0. The minimum absolute atomic E-state index is 0.190. The van der Waals surface area contributed by atoms with Crippen molar-refractivity contribution >= 4 is 17.2 Å². The van der Waals surface area contributed by atoms with E-state index in [0.717, 1.165) is 37.3 Å². The van der Waals surface area contributed by atoms with Crippen molar-refractivity contribution in [2.75, 3.05) is 39.3 Å². The zero-order chi connectivity index (χ0) is 14.5. The first-order chi connectivity index (χ1) is 9.60. The second kappa shape index (κ2) is 7.08. The molecule has 0 aliphatic carbocycles. The van der Waals surface area contributed by atoms with E-state index in [1.165, 1.54) is 12.1 Å². The van der Waals surface area contributed by atoms with Crippen molar-refractivity contribution in [2.45, 2.75) is 6.54 Å². The van der Waals surface area contributed by atoms with E-state index in [1.807, 2.05) is 0 Å². The summed E-state index contributed by atoms with van der Waals surface area (Å²) in [6, 6.07) is 4.54. The molecule has 1 aliphatic rings. The lowest BCUT2D eigenvalue weighted by atomic mass is 10.1. The number of benzene rings is 1. The number of aliphatic hydroxyl groups excluding tert-OH is 1. The molecule has 0 atom stereocenters. The number of β-amino-alcohol motifs (C(OH)–C–C–N with tert-alkyl or cyclic N) is 1. The molecule has 2 rings (SSSR count). The van der Waals surface area contributed by atoms with Crippen LogP contribution in [0.5, 0.6) is 0 Å². The van der Waals surface area contributed by atoms with Crippen molar-refractivity contribution in [1.29, 1.82) is 0 Å². The molecule has 0 spiro atoms. The smallest absolute Gasteiger partial charge is 0.123 e. The first kappa shape index (κ1) is 15.3. The highest BCUT2D eigenvalue weighted by Crippen LogP contribution is 2.15. The van der Waals surface area contributed by atoms with Crippen LogP contribution < -0.4 is 5.73 Å². The zero-order valence-electron chi connectivity index (χ0n) is 11.4. The molecule has 20 heavy (non-hydrogen) atoms. The maximum atomic E-state index is 13.4. The number of nitrogens with two attached hydrogens (primary N) is 1. The average molecular weight is 297 g/mol. The predicted octanol–water partition coefficient (Wildman–Crippen LogP) is 0.570. The van der Waals surface area contributed by atoms with E-state index < -0.39 is 0 Å². The van der Waals surface area contributed by atoms with E-state index >= 15 is 0 Å². The third-order valence-corrected chi connectivity index (χ3v) is 3.83. The maximum Gasteiger partial charge on any atom is 0.123 e. The molecule has 1 aromatic carbocycles. The summed E-state index contributed by atoms with van der Waals surface area (Å²) < 4.78 is 13.4. The van der Waals surface area contributed by atoms with Gasteiger partial charge in [-0.1, -0.05) is 12.2 Å². The van der Waals surface area contributed by atoms with Crippen LogP contribution in [-0.2, 0) is 6.54 Å². The Morgan fingerprint density at radius 3 is 2.50 bits per heavy atom. The Bertz CT molecular complexity index is 475.